The molecule has 0 radical (unpaired) electrons. The summed E-state index contributed by atoms with van der Waals surface area (Å²) in [4.78, 5) is 27.8. The molecular weight excluding hydrogens is 493 g/mol. The van der Waals surface area contributed by atoms with Crippen LogP contribution in [0, 0.1) is 17.3 Å². The van der Waals surface area contributed by atoms with Gasteiger partial charge < -0.3 is 29.6 Å². The Balaban J connectivity index is 1.24. The highest BCUT2D eigenvalue weighted by Crippen LogP contribution is 2.65. The fraction of sp³-hybridized carbons (Fsp3) is 0.733. The van der Waals surface area contributed by atoms with Crippen LogP contribution in [-0.2, 0) is 20.5 Å². The first kappa shape index (κ1) is 28.3. The topological polar surface area (TPSA) is 89.1 Å². The Morgan fingerprint density at radius 1 is 1.15 bits per heavy atom. The van der Waals surface area contributed by atoms with Gasteiger partial charge >= 0.3 is 19.2 Å². The molecule has 3 amide bonds. The van der Waals surface area contributed by atoms with Crippen molar-refractivity contribution in [2.45, 2.75) is 109 Å². The summed E-state index contributed by atoms with van der Waals surface area (Å²) in [5.74, 6) is 0.772. The fourth-order valence-electron chi connectivity index (χ4n) is 7.36. The van der Waals surface area contributed by atoms with Crippen molar-refractivity contribution >= 4 is 19.2 Å². The van der Waals surface area contributed by atoms with Crippen molar-refractivity contribution in [2.75, 3.05) is 13.1 Å². The maximum absolute atomic E-state index is 13.3. The molecule has 6 atom stereocenters. The van der Waals surface area contributed by atoms with E-state index in [1.807, 2.05) is 39.0 Å². The number of ether oxygens (including phenoxy) is 1. The minimum Gasteiger partial charge on any atom is -0.444 e. The Morgan fingerprint density at radius 3 is 2.59 bits per heavy atom. The summed E-state index contributed by atoms with van der Waals surface area (Å²) >= 11 is 0. The predicted octanol–water partition coefficient (Wildman–Crippen LogP) is 4.95. The second-order valence-electron chi connectivity index (χ2n) is 13.8. The summed E-state index contributed by atoms with van der Waals surface area (Å²) < 4.78 is 18.9. The molecule has 1 unspecified atom stereocenters. The van der Waals surface area contributed by atoms with E-state index in [0.29, 0.717) is 31.3 Å². The average molecular weight is 540 g/mol. The molecule has 39 heavy (non-hydrogen) atoms. The first-order chi connectivity index (χ1) is 18.4. The Bertz CT molecular complexity index is 1050. The lowest BCUT2D eigenvalue weighted by atomic mass is 9.43. The second kappa shape index (κ2) is 10.6. The molecule has 2 saturated heterocycles. The first-order valence-corrected chi connectivity index (χ1v) is 14.8. The van der Waals surface area contributed by atoms with Crippen LogP contribution >= 0.6 is 0 Å². The van der Waals surface area contributed by atoms with Gasteiger partial charge in [0.2, 0.25) is 0 Å². The molecule has 2 N–H and O–H groups in total. The zero-order chi connectivity index (χ0) is 28.0. The second-order valence-corrected chi connectivity index (χ2v) is 13.8. The molecular formula is C30H46BN3O5. The van der Waals surface area contributed by atoms with Crippen LogP contribution in [0.25, 0.3) is 0 Å². The molecule has 8 nitrogen and oxygen atoms in total. The van der Waals surface area contributed by atoms with Crippen molar-refractivity contribution in [3.63, 3.8) is 0 Å². The molecule has 0 aromatic heterocycles. The summed E-state index contributed by atoms with van der Waals surface area (Å²) in [5.41, 5.74) is 0.470. The van der Waals surface area contributed by atoms with Crippen LogP contribution in [-0.4, -0.2) is 66.5 Å². The summed E-state index contributed by atoms with van der Waals surface area (Å²) in [6, 6.07) is 9.77. The third-order valence-electron chi connectivity index (χ3n) is 9.67. The van der Waals surface area contributed by atoms with E-state index in [4.69, 9.17) is 14.0 Å². The van der Waals surface area contributed by atoms with Gasteiger partial charge in [0.1, 0.15) is 5.60 Å². The number of urea groups is 1. The quantitative estimate of drug-likeness (QED) is 0.500. The Hall–Kier alpha value is -2.26. The van der Waals surface area contributed by atoms with Crippen molar-refractivity contribution in [1.29, 1.82) is 0 Å². The van der Waals surface area contributed by atoms with E-state index in [9.17, 15) is 9.59 Å². The van der Waals surface area contributed by atoms with Crippen molar-refractivity contribution < 1.29 is 23.6 Å². The summed E-state index contributed by atoms with van der Waals surface area (Å²) in [6.45, 7) is 13.5. The zero-order valence-electron chi connectivity index (χ0n) is 24.5. The van der Waals surface area contributed by atoms with Crippen molar-refractivity contribution in [1.82, 2.24) is 15.5 Å². The van der Waals surface area contributed by atoms with Gasteiger partial charge in [-0.25, -0.2) is 9.59 Å². The Labute approximate surface area is 234 Å². The number of carbonyl (C=O) groups excluding carboxylic acids is 2. The van der Waals surface area contributed by atoms with E-state index >= 15 is 0 Å². The lowest BCUT2D eigenvalue weighted by Crippen LogP contribution is -2.65. The minimum absolute atomic E-state index is 0.0482. The Kier molecular flexibility index (Phi) is 7.70. The number of nitrogens with one attached hydrogen (secondary N) is 2. The van der Waals surface area contributed by atoms with E-state index < -0.39 is 12.7 Å². The number of benzene rings is 1. The molecule has 2 aliphatic heterocycles. The highest BCUT2D eigenvalue weighted by Gasteiger charge is 2.68. The van der Waals surface area contributed by atoms with Crippen molar-refractivity contribution in [3.05, 3.63) is 35.9 Å². The number of carbonyl (C=O) groups is 2. The third-order valence-corrected chi connectivity index (χ3v) is 9.67. The molecule has 3 saturated carbocycles. The van der Waals surface area contributed by atoms with Crippen LogP contribution in [0.3, 0.4) is 0 Å². The molecule has 0 spiro atoms. The van der Waals surface area contributed by atoms with Gasteiger partial charge in [0.15, 0.2) is 0 Å². The highest BCUT2D eigenvalue weighted by atomic mass is 16.7. The maximum atomic E-state index is 13.3. The molecule has 2 heterocycles. The molecule has 2 bridgehead atoms. The molecule has 3 aliphatic carbocycles. The van der Waals surface area contributed by atoms with E-state index in [0.717, 1.165) is 31.2 Å². The largest absolute Gasteiger partial charge is 0.482 e. The van der Waals surface area contributed by atoms with Gasteiger partial charge in [0.25, 0.3) is 0 Å². The number of likely N-dealkylation sites (tertiary alicyclic amines) is 1. The summed E-state index contributed by atoms with van der Waals surface area (Å²) in [5, 5.41) is 6.20. The van der Waals surface area contributed by atoms with Gasteiger partial charge in [-0.2, -0.15) is 0 Å². The zero-order valence-corrected chi connectivity index (χ0v) is 24.5. The number of amides is 3. The molecule has 214 valence electrons. The van der Waals surface area contributed by atoms with E-state index in [1.54, 1.807) is 4.90 Å². The van der Waals surface area contributed by atoms with Crippen LogP contribution in [0.2, 0.25) is 0 Å². The molecule has 5 fully saturated rings. The van der Waals surface area contributed by atoms with Crippen LogP contribution in [0.5, 0.6) is 0 Å². The summed E-state index contributed by atoms with van der Waals surface area (Å²) in [7, 11) is -0.519. The lowest BCUT2D eigenvalue weighted by Gasteiger charge is -2.64. The molecule has 1 aromatic rings. The van der Waals surface area contributed by atoms with Gasteiger partial charge in [0, 0.05) is 13.1 Å². The monoisotopic (exact) mass is 539 g/mol. The van der Waals surface area contributed by atoms with E-state index in [1.165, 1.54) is 6.42 Å². The van der Waals surface area contributed by atoms with Crippen LogP contribution in [0.1, 0.15) is 79.2 Å². The number of nitrogens with zero attached hydrogens (tertiary/aromatic N) is 1. The normalized spacial score (nSPS) is 32.1. The fourth-order valence-corrected chi connectivity index (χ4v) is 7.36. The van der Waals surface area contributed by atoms with Crippen molar-refractivity contribution in [2.24, 2.45) is 17.3 Å². The third kappa shape index (κ3) is 5.80. The number of rotatable bonds is 6. The SMILES string of the molecule is CC(C)(C)OC(=O)N1CCCC[C@H]1CNC(=O)N[C@@H](Cc1ccccc1)B1OC2C[C@@H]3C[C@@H](C3(C)C)[C@]2(C)O1. The van der Waals surface area contributed by atoms with Crippen molar-refractivity contribution in [3.8, 4) is 0 Å². The van der Waals surface area contributed by atoms with Gasteiger partial charge in [-0.15, -0.1) is 0 Å². The Morgan fingerprint density at radius 2 is 1.90 bits per heavy atom. The average Bonchev–Trinajstić information content (AvgIpc) is 3.24. The first-order valence-electron chi connectivity index (χ1n) is 14.8. The summed E-state index contributed by atoms with van der Waals surface area (Å²) in [6.07, 6.45) is 5.31. The van der Waals surface area contributed by atoms with Crippen LogP contribution in [0.4, 0.5) is 9.59 Å². The molecule has 6 rings (SSSR count). The van der Waals surface area contributed by atoms with E-state index in [-0.39, 0.29) is 41.2 Å². The number of piperidine rings is 1. The highest BCUT2D eigenvalue weighted by molar-refractivity contribution is 6.48. The van der Waals surface area contributed by atoms with E-state index in [2.05, 4.69) is 43.5 Å². The van der Waals surface area contributed by atoms with Crippen LogP contribution in [0.15, 0.2) is 30.3 Å². The van der Waals surface area contributed by atoms with Gasteiger partial charge in [-0.3, -0.25) is 0 Å². The van der Waals surface area contributed by atoms with Crippen LogP contribution < -0.4 is 10.6 Å². The van der Waals surface area contributed by atoms with Gasteiger partial charge in [-0.05, 0) is 89.0 Å². The minimum atomic E-state index is -0.556. The lowest BCUT2D eigenvalue weighted by molar-refractivity contribution is -0.199. The van der Waals surface area contributed by atoms with Gasteiger partial charge in [-0.1, -0.05) is 44.2 Å². The molecule has 1 aromatic carbocycles. The molecule has 9 heteroatoms. The number of hydrogen-bond donors (Lipinski definition) is 2. The molecule has 5 aliphatic rings. The maximum Gasteiger partial charge on any atom is 0.482 e. The number of hydrogen-bond acceptors (Lipinski definition) is 5. The van der Waals surface area contributed by atoms with Gasteiger partial charge in [0.05, 0.1) is 23.7 Å². The standard InChI is InChI=1S/C30H46BN3O5/c1-28(2,3)37-27(36)34-15-11-10-14-22(34)19-32-26(35)33-25(16-20-12-8-7-9-13-20)31-38-24-18-21-17-23(29(21,4)5)30(24,6)39-31/h7-9,12-13,21-25H,10-11,14-19H2,1-6H3,(H2,32,33,35)/t21-,22-,23-,24?,25-,30-/m0/s1. The smallest absolute Gasteiger partial charge is 0.444 e. The predicted molar refractivity (Wildman–Crippen MR) is 151 cm³/mol.